The summed E-state index contributed by atoms with van der Waals surface area (Å²) in [6.07, 6.45) is -0.478. The number of imide groups is 1. The van der Waals surface area contributed by atoms with E-state index in [4.69, 9.17) is 4.84 Å². The van der Waals surface area contributed by atoms with Gasteiger partial charge in [0.05, 0.1) is 18.1 Å². The number of nitrogens with zero attached hydrogens (tertiary/aromatic N) is 1. The molecule has 0 aromatic rings. The van der Waals surface area contributed by atoms with Gasteiger partial charge in [0.15, 0.2) is 15.1 Å². The van der Waals surface area contributed by atoms with Crippen molar-refractivity contribution in [2.45, 2.75) is 58.0 Å². The minimum Gasteiger partial charge on any atom is -0.330 e. The van der Waals surface area contributed by atoms with E-state index in [-0.39, 0.29) is 11.8 Å². The molecule has 1 unspecified atom stereocenters. The van der Waals surface area contributed by atoms with E-state index in [2.05, 4.69) is 0 Å². The molecule has 1 fully saturated rings. The molecular formula is C13H21NO6S. The van der Waals surface area contributed by atoms with Crippen LogP contribution in [0, 0.1) is 5.41 Å². The first-order valence-electron chi connectivity index (χ1n) is 6.66. The Kier molecular flexibility index (Phi) is 4.82. The fourth-order valence-electron chi connectivity index (χ4n) is 1.83. The third-order valence-corrected chi connectivity index (χ3v) is 5.46. The Morgan fingerprint density at radius 3 is 2.29 bits per heavy atom. The van der Waals surface area contributed by atoms with Crippen LogP contribution in [0.3, 0.4) is 0 Å². The van der Waals surface area contributed by atoms with E-state index in [0.717, 1.165) is 0 Å². The van der Waals surface area contributed by atoms with Gasteiger partial charge in [-0.25, -0.2) is 13.2 Å². The van der Waals surface area contributed by atoms with Gasteiger partial charge >= 0.3 is 5.97 Å². The van der Waals surface area contributed by atoms with Crippen LogP contribution in [0.5, 0.6) is 0 Å². The Bertz CT molecular complexity index is 558. The molecule has 2 amide bonds. The summed E-state index contributed by atoms with van der Waals surface area (Å²) in [5.74, 6) is -2.54. The molecule has 1 saturated heterocycles. The van der Waals surface area contributed by atoms with Crippen LogP contribution in [0.1, 0.15) is 47.5 Å². The predicted molar refractivity (Wildman–Crippen MR) is 74.5 cm³/mol. The van der Waals surface area contributed by atoms with E-state index >= 15 is 0 Å². The molecule has 8 heteroatoms. The molecular weight excluding hydrogens is 298 g/mol. The maximum absolute atomic E-state index is 12.0. The number of carbonyl (C=O) groups is 3. The molecule has 0 N–H and O–H groups in total. The van der Waals surface area contributed by atoms with Gasteiger partial charge in [-0.2, -0.15) is 0 Å². The van der Waals surface area contributed by atoms with Crippen LogP contribution in [0.4, 0.5) is 0 Å². The fraction of sp³-hybridized carbons (Fsp3) is 0.769. The quantitative estimate of drug-likeness (QED) is 0.712. The van der Waals surface area contributed by atoms with E-state index < -0.39 is 44.5 Å². The molecule has 1 aliphatic rings. The van der Waals surface area contributed by atoms with Crippen molar-refractivity contribution in [2.24, 2.45) is 5.41 Å². The number of hydrogen-bond acceptors (Lipinski definition) is 6. The Labute approximate surface area is 124 Å². The number of sulfone groups is 1. The van der Waals surface area contributed by atoms with Gasteiger partial charge < -0.3 is 4.84 Å². The van der Waals surface area contributed by atoms with E-state index in [1.165, 1.54) is 13.8 Å². The molecule has 0 radical (unpaired) electrons. The first kappa shape index (κ1) is 17.6. The summed E-state index contributed by atoms with van der Waals surface area (Å²) in [6, 6.07) is 0. The van der Waals surface area contributed by atoms with Crippen molar-refractivity contribution >= 4 is 27.6 Å². The minimum atomic E-state index is -3.77. The monoisotopic (exact) mass is 319 g/mol. The van der Waals surface area contributed by atoms with Crippen LogP contribution >= 0.6 is 0 Å². The number of hydroxylamine groups is 2. The average Bonchev–Trinajstić information content (AvgIpc) is 2.54. The van der Waals surface area contributed by atoms with Gasteiger partial charge in [-0.05, 0) is 19.3 Å². The van der Waals surface area contributed by atoms with Gasteiger partial charge in [0, 0.05) is 0 Å². The molecule has 0 aromatic carbocycles. The van der Waals surface area contributed by atoms with Crippen LogP contribution in [0.15, 0.2) is 0 Å². The maximum Gasteiger partial charge on any atom is 0.333 e. The lowest BCUT2D eigenvalue weighted by molar-refractivity contribution is -0.198. The SMILES string of the molecule is CC(C)S(=O)(=O)C1CC(=O)N(OC(=O)CC(C)(C)C)C1=O. The molecule has 7 nitrogen and oxygen atoms in total. The Balaban J connectivity index is 2.86. The molecule has 1 atom stereocenters. The summed E-state index contributed by atoms with van der Waals surface area (Å²) in [5, 5.41) is -1.96. The summed E-state index contributed by atoms with van der Waals surface area (Å²) in [4.78, 5) is 40.2. The smallest absolute Gasteiger partial charge is 0.330 e. The summed E-state index contributed by atoms with van der Waals surface area (Å²) >= 11 is 0. The minimum absolute atomic E-state index is 0.00561. The number of hydrogen-bond donors (Lipinski definition) is 0. The van der Waals surface area contributed by atoms with E-state index in [9.17, 15) is 22.8 Å². The number of rotatable bonds is 4. The second-order valence-corrected chi connectivity index (χ2v) is 9.25. The largest absolute Gasteiger partial charge is 0.333 e. The van der Waals surface area contributed by atoms with Gasteiger partial charge in [-0.3, -0.25) is 9.59 Å². The first-order chi connectivity index (χ1) is 9.36. The third-order valence-electron chi connectivity index (χ3n) is 2.98. The van der Waals surface area contributed by atoms with Crippen LogP contribution in [0.25, 0.3) is 0 Å². The topological polar surface area (TPSA) is 97.8 Å². The van der Waals surface area contributed by atoms with Gasteiger partial charge in [0.2, 0.25) is 0 Å². The van der Waals surface area contributed by atoms with E-state index in [1.54, 1.807) is 20.8 Å². The Morgan fingerprint density at radius 1 is 1.33 bits per heavy atom. The third kappa shape index (κ3) is 4.03. The summed E-state index contributed by atoms with van der Waals surface area (Å²) in [5.41, 5.74) is -0.369. The summed E-state index contributed by atoms with van der Waals surface area (Å²) < 4.78 is 24.0. The highest BCUT2D eigenvalue weighted by Crippen LogP contribution is 2.25. The number of carbonyl (C=O) groups excluding carboxylic acids is 3. The predicted octanol–water partition coefficient (Wildman–Crippen LogP) is 0.831. The van der Waals surface area contributed by atoms with Crippen molar-refractivity contribution in [3.63, 3.8) is 0 Å². The number of amides is 2. The highest BCUT2D eigenvalue weighted by atomic mass is 32.2. The van der Waals surface area contributed by atoms with Crippen molar-refractivity contribution < 1.29 is 27.6 Å². The van der Waals surface area contributed by atoms with Gasteiger partial charge in [-0.15, -0.1) is 5.06 Å². The van der Waals surface area contributed by atoms with Gasteiger partial charge in [0.25, 0.3) is 11.8 Å². The van der Waals surface area contributed by atoms with Gasteiger partial charge in [0.1, 0.15) is 0 Å². The van der Waals surface area contributed by atoms with Crippen LogP contribution in [-0.2, 0) is 29.1 Å². The zero-order valence-electron chi connectivity index (χ0n) is 12.9. The second kappa shape index (κ2) is 5.75. The average molecular weight is 319 g/mol. The molecule has 1 heterocycles. The van der Waals surface area contributed by atoms with E-state index in [1.807, 2.05) is 0 Å². The van der Waals surface area contributed by atoms with Crippen LogP contribution < -0.4 is 0 Å². The molecule has 1 aliphatic heterocycles. The summed E-state index contributed by atoms with van der Waals surface area (Å²) in [6.45, 7) is 8.26. The molecule has 0 saturated carbocycles. The van der Waals surface area contributed by atoms with Crippen LogP contribution in [0.2, 0.25) is 0 Å². The van der Waals surface area contributed by atoms with Crippen molar-refractivity contribution in [3.8, 4) is 0 Å². The van der Waals surface area contributed by atoms with Crippen LogP contribution in [-0.4, -0.2) is 41.8 Å². The lowest BCUT2D eigenvalue weighted by atomic mass is 9.93. The van der Waals surface area contributed by atoms with Crippen molar-refractivity contribution in [1.82, 2.24) is 5.06 Å². The molecule has 0 aliphatic carbocycles. The second-order valence-electron chi connectivity index (χ2n) is 6.56. The molecule has 120 valence electrons. The first-order valence-corrected chi connectivity index (χ1v) is 8.27. The summed E-state index contributed by atoms with van der Waals surface area (Å²) in [7, 11) is -3.77. The molecule has 21 heavy (non-hydrogen) atoms. The highest BCUT2D eigenvalue weighted by Gasteiger charge is 2.49. The van der Waals surface area contributed by atoms with Crippen molar-refractivity contribution in [2.75, 3.05) is 0 Å². The molecule has 1 rings (SSSR count). The molecule has 0 bridgehead atoms. The lowest BCUT2D eigenvalue weighted by Crippen LogP contribution is -2.39. The highest BCUT2D eigenvalue weighted by molar-refractivity contribution is 7.93. The lowest BCUT2D eigenvalue weighted by Gasteiger charge is -2.19. The molecule has 0 aromatic heterocycles. The zero-order chi connectivity index (χ0) is 16.6. The normalized spacial score (nSPS) is 20.3. The molecule has 0 spiro atoms. The fourth-order valence-corrected chi connectivity index (χ4v) is 3.24. The standard InChI is InChI=1S/C13H21NO6S/c1-8(2)21(18,19)9-6-10(15)14(12(9)17)20-11(16)7-13(3,4)5/h8-9H,6-7H2,1-5H3. The zero-order valence-corrected chi connectivity index (χ0v) is 13.7. The van der Waals surface area contributed by atoms with Crippen molar-refractivity contribution in [1.29, 1.82) is 0 Å². The Hall–Kier alpha value is -1.44. The van der Waals surface area contributed by atoms with E-state index in [0.29, 0.717) is 5.06 Å². The van der Waals surface area contributed by atoms with Crippen molar-refractivity contribution in [3.05, 3.63) is 0 Å². The Morgan fingerprint density at radius 2 is 1.86 bits per heavy atom. The maximum atomic E-state index is 12.0. The van der Waals surface area contributed by atoms with Gasteiger partial charge in [-0.1, -0.05) is 20.8 Å².